The molecule has 2 atom stereocenters. The van der Waals surface area contributed by atoms with Gasteiger partial charge in [-0.3, -0.25) is 9.59 Å². The van der Waals surface area contributed by atoms with E-state index in [-0.39, 0.29) is 57.5 Å². The summed E-state index contributed by atoms with van der Waals surface area (Å²) >= 11 is 0. The molecule has 2 heterocycles. The number of carboxylic acid groups (broad SMARTS) is 2. The zero-order chi connectivity index (χ0) is 36.6. The fourth-order valence-electron chi connectivity index (χ4n) is 5.02. The van der Waals surface area contributed by atoms with Gasteiger partial charge < -0.3 is 20.0 Å². The topological polar surface area (TPSA) is 115 Å². The van der Waals surface area contributed by atoms with Gasteiger partial charge in [-0.2, -0.15) is 52.7 Å². The van der Waals surface area contributed by atoms with Crippen LogP contribution in [0.5, 0.6) is 0 Å². The van der Waals surface area contributed by atoms with E-state index < -0.39 is 93.9 Å². The van der Waals surface area contributed by atoms with Crippen molar-refractivity contribution in [2.75, 3.05) is 13.1 Å². The molecule has 0 aliphatic carbocycles. The molecule has 0 aromatic heterocycles. The minimum atomic E-state index is -5.08. The Balaban J connectivity index is 0.000000333. The Bertz CT molecular complexity index is 1390. The molecule has 273 valence electrons. The Labute approximate surface area is 280 Å². The molecule has 2 N–H and O–H groups in total. The van der Waals surface area contributed by atoms with Gasteiger partial charge in [0.25, 0.3) is 11.8 Å². The number of halogens is 12. The van der Waals surface area contributed by atoms with E-state index in [4.69, 9.17) is 10.2 Å². The molecule has 8 nitrogen and oxygen atoms in total. The number of carbonyl (C=O) groups is 4. The molecular weight excluding hydrogens is 791 g/mol. The van der Waals surface area contributed by atoms with Gasteiger partial charge in [0, 0.05) is 43.7 Å². The van der Waals surface area contributed by atoms with Crippen LogP contribution in [0.2, 0.25) is 0 Å². The molecule has 2 saturated heterocycles. The number of hydrogen-bond acceptors (Lipinski definition) is 4. The first-order valence-electron chi connectivity index (χ1n) is 13.5. The van der Waals surface area contributed by atoms with Crippen LogP contribution >= 0.6 is 0 Å². The van der Waals surface area contributed by atoms with Crippen molar-refractivity contribution in [1.29, 1.82) is 0 Å². The second kappa shape index (κ2) is 14.9. The van der Waals surface area contributed by atoms with Crippen molar-refractivity contribution in [2.24, 2.45) is 0 Å². The van der Waals surface area contributed by atoms with Gasteiger partial charge in [-0.1, -0.05) is 0 Å². The predicted molar refractivity (Wildman–Crippen MR) is 136 cm³/mol. The summed E-state index contributed by atoms with van der Waals surface area (Å²) < 4.78 is 154. The first-order chi connectivity index (χ1) is 21.8. The number of likely N-dealkylation sites (tertiary alicyclic amines) is 2. The largest absolute Gasteiger partial charge is 0.480 e. The van der Waals surface area contributed by atoms with Crippen molar-refractivity contribution in [3.63, 3.8) is 0 Å². The van der Waals surface area contributed by atoms with Crippen LogP contribution in [0.4, 0.5) is 52.7 Å². The maximum Gasteiger partial charge on any atom is 0.416 e. The fraction of sp³-hybridized carbons (Fsp3) is 0.429. The Morgan fingerprint density at radius 1 is 0.510 bits per heavy atom. The molecule has 4 rings (SSSR count). The van der Waals surface area contributed by atoms with Crippen LogP contribution in [-0.2, 0) is 53.8 Å². The van der Waals surface area contributed by atoms with Crippen molar-refractivity contribution in [3.05, 3.63) is 69.8 Å². The molecule has 2 aliphatic rings. The minimum Gasteiger partial charge on any atom is -0.480 e. The molecule has 2 aromatic rings. The second-order valence-corrected chi connectivity index (χ2v) is 10.6. The standard InChI is InChI=1S/2C14H11F6NO3.Rh/c2*15-13(16,17)8-4-7(5-9(6-8)14(18,19)20)11(22)21-3-1-2-10(21)12(23)24;/h2*4-6,10H,1-3H2,(H,23,24);/t2*10-;/m00./s1. The molecule has 49 heavy (non-hydrogen) atoms. The predicted octanol–water partition coefficient (Wildman–Crippen LogP) is 6.82. The third-order valence-corrected chi connectivity index (χ3v) is 7.27. The summed E-state index contributed by atoms with van der Waals surface area (Å²) in [6.07, 6.45) is -19.5. The normalized spacial score (nSPS) is 18.4. The number of amides is 2. The molecule has 2 amide bonds. The summed E-state index contributed by atoms with van der Waals surface area (Å²) in [4.78, 5) is 48.1. The van der Waals surface area contributed by atoms with Crippen molar-refractivity contribution in [1.82, 2.24) is 9.80 Å². The molecule has 2 aromatic carbocycles. The van der Waals surface area contributed by atoms with Gasteiger partial charge in [0.1, 0.15) is 12.1 Å². The third-order valence-electron chi connectivity index (χ3n) is 7.27. The Morgan fingerprint density at radius 2 is 0.755 bits per heavy atom. The fourth-order valence-corrected chi connectivity index (χ4v) is 5.02. The minimum absolute atomic E-state index is 0. The van der Waals surface area contributed by atoms with Crippen LogP contribution in [0.15, 0.2) is 36.4 Å². The first kappa shape index (κ1) is 41.3. The van der Waals surface area contributed by atoms with E-state index in [1.807, 2.05) is 0 Å². The summed E-state index contributed by atoms with van der Waals surface area (Å²) in [7, 11) is 0. The van der Waals surface area contributed by atoms with Gasteiger partial charge in [-0.25, -0.2) is 9.59 Å². The summed E-state index contributed by atoms with van der Waals surface area (Å²) in [5.41, 5.74) is -8.16. The molecule has 0 spiro atoms. The van der Waals surface area contributed by atoms with E-state index in [1.54, 1.807) is 0 Å². The Hall–Kier alpha value is -3.90. The Morgan fingerprint density at radius 3 is 0.959 bits per heavy atom. The van der Waals surface area contributed by atoms with Gasteiger partial charge in [0.2, 0.25) is 0 Å². The van der Waals surface area contributed by atoms with Crippen molar-refractivity contribution < 1.29 is 102 Å². The summed E-state index contributed by atoms with van der Waals surface area (Å²) in [5.74, 6) is -5.05. The van der Waals surface area contributed by atoms with E-state index >= 15 is 0 Å². The van der Waals surface area contributed by atoms with E-state index in [0.29, 0.717) is 37.1 Å². The zero-order valence-electron chi connectivity index (χ0n) is 24.2. The van der Waals surface area contributed by atoms with Crippen LogP contribution in [0.25, 0.3) is 0 Å². The molecule has 2 fully saturated rings. The van der Waals surface area contributed by atoms with Gasteiger partial charge >= 0.3 is 36.6 Å². The van der Waals surface area contributed by atoms with E-state index in [0.717, 1.165) is 9.80 Å². The molecule has 2 aliphatic heterocycles. The number of hydrogen-bond donors (Lipinski definition) is 2. The monoisotopic (exact) mass is 813 g/mol. The van der Waals surface area contributed by atoms with Crippen LogP contribution < -0.4 is 0 Å². The average molecular weight is 813 g/mol. The Kier molecular flexibility index (Phi) is 12.6. The number of nitrogens with zero attached hydrogens (tertiary/aromatic N) is 2. The number of rotatable bonds is 4. The molecule has 21 heteroatoms. The first-order valence-corrected chi connectivity index (χ1v) is 13.5. The second-order valence-electron chi connectivity index (χ2n) is 10.6. The summed E-state index contributed by atoms with van der Waals surface area (Å²) in [6, 6.07) is -1.50. The molecule has 0 bridgehead atoms. The maximum absolute atomic E-state index is 12.8. The number of carbonyl (C=O) groups excluding carboxylic acids is 2. The number of carboxylic acids is 2. The quantitative estimate of drug-likeness (QED) is 0.259. The molecule has 0 unspecified atom stereocenters. The molecular formula is C28H22F12N2O6Rh. The van der Waals surface area contributed by atoms with Crippen molar-refractivity contribution >= 4 is 23.8 Å². The van der Waals surface area contributed by atoms with Crippen LogP contribution in [0.1, 0.15) is 68.7 Å². The van der Waals surface area contributed by atoms with Gasteiger partial charge in [-0.15, -0.1) is 0 Å². The molecule has 1 radical (unpaired) electrons. The average Bonchev–Trinajstić information content (AvgIpc) is 3.65. The third kappa shape index (κ3) is 10.1. The SMILES string of the molecule is O=C(O)[C@@H]1CCCN1C(=O)c1cc(C(F)(F)F)cc(C(F)(F)F)c1.O=C(O)[C@@H]1CCCN1C(=O)c1cc(C(F)(F)F)cc(C(F)(F)F)c1.[Rh]. The van der Waals surface area contributed by atoms with Crippen molar-refractivity contribution in [3.8, 4) is 0 Å². The molecule has 0 saturated carbocycles. The maximum atomic E-state index is 12.8. The number of benzene rings is 2. The van der Waals surface area contributed by atoms with Crippen molar-refractivity contribution in [2.45, 2.75) is 62.5 Å². The van der Waals surface area contributed by atoms with Crippen LogP contribution in [0.3, 0.4) is 0 Å². The van der Waals surface area contributed by atoms with Gasteiger partial charge in [-0.05, 0) is 62.1 Å². The van der Waals surface area contributed by atoms with Gasteiger partial charge in [0.05, 0.1) is 22.3 Å². The van der Waals surface area contributed by atoms with Gasteiger partial charge in [0.15, 0.2) is 0 Å². The van der Waals surface area contributed by atoms with Crippen LogP contribution in [-0.4, -0.2) is 68.9 Å². The zero-order valence-corrected chi connectivity index (χ0v) is 25.8. The summed E-state index contributed by atoms with van der Waals surface area (Å²) in [6.45, 7) is -0.0964. The van der Waals surface area contributed by atoms with E-state index in [9.17, 15) is 71.9 Å². The summed E-state index contributed by atoms with van der Waals surface area (Å²) in [5, 5.41) is 18.0. The van der Waals surface area contributed by atoms with Crippen LogP contribution in [0, 0.1) is 0 Å². The van der Waals surface area contributed by atoms with E-state index in [1.165, 1.54) is 0 Å². The number of alkyl halides is 12. The smallest absolute Gasteiger partial charge is 0.416 e. The van der Waals surface area contributed by atoms with E-state index in [2.05, 4.69) is 0 Å². The number of aliphatic carboxylic acids is 2.